The van der Waals surface area contributed by atoms with Crippen molar-refractivity contribution in [3.63, 3.8) is 0 Å². The fourth-order valence-electron chi connectivity index (χ4n) is 1.73. The van der Waals surface area contributed by atoms with Crippen molar-refractivity contribution in [3.8, 4) is 5.75 Å². The number of aliphatic hydroxyl groups excluding tert-OH is 1. The van der Waals surface area contributed by atoms with Crippen LogP contribution in [0.15, 0.2) is 28.7 Å². The molecule has 0 spiro atoms. The summed E-state index contributed by atoms with van der Waals surface area (Å²) in [6.07, 6.45) is -0.487. The summed E-state index contributed by atoms with van der Waals surface area (Å²) < 4.78 is 6.73. The van der Waals surface area contributed by atoms with Crippen LogP contribution in [-0.2, 0) is 0 Å². The van der Waals surface area contributed by atoms with Crippen molar-refractivity contribution in [2.45, 2.75) is 19.1 Å². The van der Waals surface area contributed by atoms with Crippen molar-refractivity contribution < 1.29 is 14.6 Å². The van der Waals surface area contributed by atoms with Crippen LogP contribution in [0.25, 0.3) is 0 Å². The van der Waals surface area contributed by atoms with Crippen LogP contribution >= 0.6 is 15.9 Å². The van der Waals surface area contributed by atoms with Gasteiger partial charge in [-0.1, -0.05) is 15.9 Å². The van der Waals surface area contributed by atoms with E-state index >= 15 is 0 Å². The highest BCUT2D eigenvalue weighted by Gasteiger charge is 2.32. The average molecular weight is 329 g/mol. The van der Waals surface area contributed by atoms with E-state index in [2.05, 4.69) is 21.2 Å². The number of urea groups is 1. The largest absolute Gasteiger partial charge is 0.487 e. The zero-order chi connectivity index (χ0) is 13.8. The lowest BCUT2D eigenvalue weighted by Crippen LogP contribution is -2.59. The molecule has 1 aliphatic rings. The standard InChI is InChI=1S/C13H17BrN2O3/c1-9(17)6-15-13(18)16-7-12(8-16)19-11-4-2-10(14)3-5-11/h2-5,9,12,17H,6-8H2,1H3,(H,15,18)/t9-/m1/s1. The Labute approximate surface area is 120 Å². The summed E-state index contributed by atoms with van der Waals surface area (Å²) in [4.78, 5) is 13.3. The van der Waals surface area contributed by atoms with E-state index in [1.807, 2.05) is 24.3 Å². The zero-order valence-corrected chi connectivity index (χ0v) is 12.3. The number of nitrogens with zero attached hydrogens (tertiary/aromatic N) is 1. The number of rotatable bonds is 4. The van der Waals surface area contributed by atoms with Gasteiger partial charge in [-0.05, 0) is 31.2 Å². The van der Waals surface area contributed by atoms with Crippen LogP contribution in [-0.4, -0.2) is 47.9 Å². The molecule has 0 radical (unpaired) electrons. The Kier molecular flexibility index (Phi) is 4.66. The van der Waals surface area contributed by atoms with Crippen molar-refractivity contribution in [1.82, 2.24) is 10.2 Å². The fraction of sp³-hybridized carbons (Fsp3) is 0.462. The predicted octanol–water partition coefficient (Wildman–Crippen LogP) is 1.60. The Hall–Kier alpha value is -1.27. The van der Waals surface area contributed by atoms with Crippen LogP contribution in [0.2, 0.25) is 0 Å². The number of carbonyl (C=O) groups is 1. The highest BCUT2D eigenvalue weighted by atomic mass is 79.9. The molecule has 1 aliphatic heterocycles. The van der Waals surface area contributed by atoms with Crippen molar-refractivity contribution in [3.05, 3.63) is 28.7 Å². The summed E-state index contributed by atoms with van der Waals surface area (Å²) >= 11 is 3.36. The van der Waals surface area contributed by atoms with Crippen molar-refractivity contribution in [2.75, 3.05) is 19.6 Å². The van der Waals surface area contributed by atoms with Gasteiger partial charge < -0.3 is 20.1 Å². The van der Waals surface area contributed by atoms with Crippen molar-refractivity contribution >= 4 is 22.0 Å². The number of nitrogens with one attached hydrogen (secondary N) is 1. The Morgan fingerprint density at radius 1 is 1.53 bits per heavy atom. The first-order chi connectivity index (χ1) is 9.04. The summed E-state index contributed by atoms with van der Waals surface area (Å²) in [6.45, 7) is 3.05. The molecule has 2 rings (SSSR count). The molecule has 1 heterocycles. The smallest absolute Gasteiger partial charge is 0.317 e. The third-order valence-corrected chi connectivity index (χ3v) is 3.33. The first-order valence-electron chi connectivity index (χ1n) is 6.17. The molecule has 5 nitrogen and oxygen atoms in total. The zero-order valence-electron chi connectivity index (χ0n) is 10.7. The monoisotopic (exact) mass is 328 g/mol. The lowest BCUT2D eigenvalue weighted by Gasteiger charge is -2.38. The van der Waals surface area contributed by atoms with Gasteiger partial charge in [0.15, 0.2) is 0 Å². The number of aliphatic hydroxyl groups is 1. The highest BCUT2D eigenvalue weighted by Crippen LogP contribution is 2.20. The highest BCUT2D eigenvalue weighted by molar-refractivity contribution is 9.10. The number of carbonyl (C=O) groups excluding carboxylic acids is 1. The van der Waals surface area contributed by atoms with Gasteiger partial charge in [0, 0.05) is 11.0 Å². The third kappa shape index (κ3) is 4.11. The van der Waals surface area contributed by atoms with Crippen LogP contribution in [0.5, 0.6) is 5.75 Å². The summed E-state index contributed by atoms with van der Waals surface area (Å²) in [5.74, 6) is 0.803. The molecule has 1 saturated heterocycles. The molecular weight excluding hydrogens is 312 g/mol. The van der Waals surface area contributed by atoms with Crippen LogP contribution < -0.4 is 10.1 Å². The second kappa shape index (κ2) is 6.25. The van der Waals surface area contributed by atoms with Crippen LogP contribution in [0.3, 0.4) is 0 Å². The lowest BCUT2D eigenvalue weighted by molar-refractivity contribution is 0.0433. The quantitative estimate of drug-likeness (QED) is 0.882. The van der Waals surface area contributed by atoms with E-state index < -0.39 is 6.10 Å². The molecule has 1 aromatic rings. The number of halogens is 1. The predicted molar refractivity (Wildman–Crippen MR) is 75.2 cm³/mol. The van der Waals surface area contributed by atoms with Gasteiger partial charge in [-0.3, -0.25) is 0 Å². The Bertz CT molecular complexity index is 430. The molecule has 2 N–H and O–H groups in total. The number of likely N-dealkylation sites (tertiary alicyclic amines) is 1. The maximum Gasteiger partial charge on any atom is 0.317 e. The fourth-order valence-corrected chi connectivity index (χ4v) is 2.00. The molecule has 0 aromatic heterocycles. The number of hydrogen-bond donors (Lipinski definition) is 2. The van der Waals surface area contributed by atoms with Gasteiger partial charge in [0.25, 0.3) is 0 Å². The molecule has 0 saturated carbocycles. The number of amides is 2. The van der Waals surface area contributed by atoms with E-state index in [-0.39, 0.29) is 18.7 Å². The minimum atomic E-state index is -0.528. The molecule has 1 aromatic carbocycles. The topological polar surface area (TPSA) is 61.8 Å². The van der Waals surface area contributed by atoms with Gasteiger partial charge in [0.1, 0.15) is 11.9 Å². The van der Waals surface area contributed by atoms with Gasteiger partial charge in [-0.15, -0.1) is 0 Å². The molecular formula is C13H17BrN2O3. The molecule has 0 bridgehead atoms. The molecule has 2 amide bonds. The van der Waals surface area contributed by atoms with Gasteiger partial charge in [-0.2, -0.15) is 0 Å². The lowest BCUT2D eigenvalue weighted by atomic mass is 10.2. The average Bonchev–Trinajstić information content (AvgIpc) is 2.32. The van der Waals surface area contributed by atoms with E-state index in [4.69, 9.17) is 9.84 Å². The second-order valence-electron chi connectivity index (χ2n) is 4.63. The van der Waals surface area contributed by atoms with Crippen LogP contribution in [0, 0.1) is 0 Å². The third-order valence-electron chi connectivity index (χ3n) is 2.80. The molecule has 0 aliphatic carbocycles. The minimum absolute atomic E-state index is 0.0403. The maximum absolute atomic E-state index is 11.6. The van der Waals surface area contributed by atoms with Gasteiger partial charge in [-0.25, -0.2) is 4.79 Å². The first-order valence-corrected chi connectivity index (χ1v) is 6.97. The van der Waals surface area contributed by atoms with E-state index in [0.29, 0.717) is 13.1 Å². The van der Waals surface area contributed by atoms with E-state index in [1.54, 1.807) is 11.8 Å². The van der Waals surface area contributed by atoms with E-state index in [1.165, 1.54) is 0 Å². The minimum Gasteiger partial charge on any atom is -0.487 e. The summed E-state index contributed by atoms with van der Waals surface area (Å²) in [7, 11) is 0. The summed E-state index contributed by atoms with van der Waals surface area (Å²) in [5, 5.41) is 11.7. The molecule has 1 fully saturated rings. The first kappa shape index (κ1) is 14.1. The molecule has 0 unspecified atom stereocenters. The SMILES string of the molecule is C[C@@H](O)CNC(=O)N1CC(Oc2ccc(Br)cc2)C1. The van der Waals surface area contributed by atoms with Crippen LogP contribution in [0.4, 0.5) is 4.79 Å². The molecule has 6 heteroatoms. The molecule has 1 atom stereocenters. The Balaban J connectivity index is 1.71. The van der Waals surface area contributed by atoms with Crippen LogP contribution in [0.1, 0.15) is 6.92 Å². The molecule has 19 heavy (non-hydrogen) atoms. The Morgan fingerprint density at radius 3 is 2.74 bits per heavy atom. The number of ether oxygens (including phenoxy) is 1. The normalized spacial score (nSPS) is 16.7. The number of hydrogen-bond acceptors (Lipinski definition) is 3. The van der Waals surface area contributed by atoms with E-state index in [9.17, 15) is 4.79 Å². The van der Waals surface area contributed by atoms with Gasteiger partial charge in [0.05, 0.1) is 19.2 Å². The maximum atomic E-state index is 11.6. The second-order valence-corrected chi connectivity index (χ2v) is 5.55. The summed E-state index contributed by atoms with van der Waals surface area (Å²) in [6, 6.07) is 7.46. The van der Waals surface area contributed by atoms with Gasteiger partial charge in [0.2, 0.25) is 0 Å². The van der Waals surface area contributed by atoms with Crippen molar-refractivity contribution in [1.29, 1.82) is 0 Å². The van der Waals surface area contributed by atoms with Crippen molar-refractivity contribution in [2.24, 2.45) is 0 Å². The van der Waals surface area contributed by atoms with E-state index in [0.717, 1.165) is 10.2 Å². The van der Waals surface area contributed by atoms with Gasteiger partial charge >= 0.3 is 6.03 Å². The molecule has 104 valence electrons. The summed E-state index contributed by atoms with van der Waals surface area (Å²) in [5.41, 5.74) is 0. The Morgan fingerprint density at radius 2 is 2.16 bits per heavy atom. The number of benzene rings is 1.